The first-order valence-electron chi connectivity index (χ1n) is 14.2. The van der Waals surface area contributed by atoms with Crippen LogP contribution in [-0.2, 0) is 9.53 Å². The molecule has 2 aliphatic heterocycles. The molecule has 3 rings (SSSR count). The highest BCUT2D eigenvalue weighted by molar-refractivity contribution is 5.78. The number of likely N-dealkylation sites (tertiary alicyclic amines) is 1. The van der Waals surface area contributed by atoms with Gasteiger partial charge in [0.05, 0.1) is 13.2 Å². The number of carbonyl (C=O) groups excluding carboxylic acids is 1. The van der Waals surface area contributed by atoms with Gasteiger partial charge in [0.25, 0.3) is 0 Å². The highest BCUT2D eigenvalue weighted by atomic mass is 16.5. The average molecular weight is 481 g/mol. The summed E-state index contributed by atoms with van der Waals surface area (Å²) < 4.78 is 5.83. The van der Waals surface area contributed by atoms with Crippen molar-refractivity contribution in [3.05, 3.63) is 59.4 Å². The smallest absolute Gasteiger partial charge is 0.236 e. The first-order chi connectivity index (χ1) is 17.1. The summed E-state index contributed by atoms with van der Waals surface area (Å²) in [6.45, 7) is 10.7. The van der Waals surface area contributed by atoms with Gasteiger partial charge in [-0.25, -0.2) is 0 Å². The minimum atomic E-state index is 0.319. The fourth-order valence-electron chi connectivity index (χ4n) is 5.41. The lowest BCUT2D eigenvalue weighted by atomic mass is 9.99. The van der Waals surface area contributed by atoms with Gasteiger partial charge in [0.1, 0.15) is 5.76 Å². The first-order valence-corrected chi connectivity index (χ1v) is 14.2. The lowest BCUT2D eigenvalue weighted by molar-refractivity contribution is -0.132. The second kappa shape index (κ2) is 15.1. The molecule has 35 heavy (non-hydrogen) atoms. The zero-order chi connectivity index (χ0) is 24.9. The second-order valence-electron chi connectivity index (χ2n) is 10.3. The van der Waals surface area contributed by atoms with E-state index < -0.39 is 0 Å². The number of hydrogen-bond donors (Lipinski definition) is 0. The standard InChI is InChI=1S/C31H48N2O2/c1-4-7-20-32(21-8-5-2)31(34)25-33-24-27(23-29(33)18-17-26-13-9-10-14-26)15-11-16-30-28(12-6-3)19-22-35-30/h9-13,15-16,27,29H,4-8,14,17-25H2,1-3H3/b15-11+,28-12-,30-16+/t27-,29?/m1/s1. The van der Waals surface area contributed by atoms with E-state index in [2.05, 4.69) is 73.1 Å². The fraction of sp³-hybridized carbons (Fsp3) is 0.645. The third-order valence-corrected chi connectivity index (χ3v) is 7.49. The lowest BCUT2D eigenvalue weighted by Gasteiger charge is -2.28. The molecule has 1 amide bonds. The van der Waals surface area contributed by atoms with Gasteiger partial charge in [-0.2, -0.15) is 0 Å². The number of amides is 1. The van der Waals surface area contributed by atoms with Crippen molar-refractivity contribution < 1.29 is 9.53 Å². The van der Waals surface area contributed by atoms with E-state index in [9.17, 15) is 4.79 Å². The SMILES string of the molecule is CC/C=C1/CCO/C1=C/C=C/[C@@H]1CC(CCC2=CC=CC2)N(CC(=O)N(CCCC)CCCC)C1. The van der Waals surface area contributed by atoms with E-state index in [4.69, 9.17) is 4.74 Å². The van der Waals surface area contributed by atoms with Crippen LogP contribution < -0.4 is 0 Å². The van der Waals surface area contributed by atoms with Crippen molar-refractivity contribution in [3.63, 3.8) is 0 Å². The predicted molar refractivity (Wildman–Crippen MR) is 147 cm³/mol. The van der Waals surface area contributed by atoms with Gasteiger partial charge in [-0.3, -0.25) is 9.69 Å². The van der Waals surface area contributed by atoms with E-state index in [0.717, 1.165) is 96.2 Å². The Morgan fingerprint density at radius 2 is 2.00 bits per heavy atom. The number of rotatable bonds is 14. The van der Waals surface area contributed by atoms with Crippen molar-refractivity contribution in [1.29, 1.82) is 0 Å². The molecule has 1 unspecified atom stereocenters. The molecule has 194 valence electrons. The van der Waals surface area contributed by atoms with Crippen molar-refractivity contribution in [2.45, 2.75) is 91.0 Å². The summed E-state index contributed by atoms with van der Waals surface area (Å²) in [5, 5.41) is 0. The molecule has 0 N–H and O–H groups in total. The molecule has 2 heterocycles. The van der Waals surface area contributed by atoms with Gasteiger partial charge >= 0.3 is 0 Å². The Kier molecular flexibility index (Phi) is 11.9. The van der Waals surface area contributed by atoms with Crippen LogP contribution in [0.2, 0.25) is 0 Å². The monoisotopic (exact) mass is 480 g/mol. The number of nitrogens with zero attached hydrogens (tertiary/aromatic N) is 2. The molecule has 2 saturated heterocycles. The average Bonchev–Trinajstić information content (AvgIpc) is 3.60. The maximum Gasteiger partial charge on any atom is 0.236 e. The zero-order valence-corrected chi connectivity index (χ0v) is 22.5. The molecule has 2 fully saturated rings. The van der Waals surface area contributed by atoms with E-state index in [0.29, 0.717) is 24.4 Å². The molecule has 0 saturated carbocycles. The van der Waals surface area contributed by atoms with Crippen LogP contribution in [0, 0.1) is 5.92 Å². The quantitative estimate of drug-likeness (QED) is 0.269. The van der Waals surface area contributed by atoms with Gasteiger partial charge in [-0.05, 0) is 62.5 Å². The van der Waals surface area contributed by atoms with Gasteiger partial charge in [-0.15, -0.1) is 0 Å². The van der Waals surface area contributed by atoms with Crippen LogP contribution >= 0.6 is 0 Å². The molecule has 0 aromatic heterocycles. The number of ether oxygens (including phenoxy) is 1. The summed E-state index contributed by atoms with van der Waals surface area (Å²) in [6, 6.07) is 0.472. The van der Waals surface area contributed by atoms with Crippen LogP contribution in [0.4, 0.5) is 0 Å². The Labute approximate surface area is 214 Å². The molecule has 4 heteroatoms. The van der Waals surface area contributed by atoms with Gasteiger partial charge in [-0.1, -0.05) is 75.6 Å². The third-order valence-electron chi connectivity index (χ3n) is 7.49. The maximum absolute atomic E-state index is 13.3. The van der Waals surface area contributed by atoms with E-state index in [1.807, 2.05) is 0 Å². The highest BCUT2D eigenvalue weighted by Gasteiger charge is 2.32. The van der Waals surface area contributed by atoms with Crippen molar-refractivity contribution in [3.8, 4) is 0 Å². The van der Waals surface area contributed by atoms with Gasteiger partial charge in [0, 0.05) is 32.1 Å². The Balaban J connectivity index is 1.63. The Hall–Kier alpha value is -2.07. The number of hydrogen-bond acceptors (Lipinski definition) is 3. The summed E-state index contributed by atoms with van der Waals surface area (Å²) in [6.07, 6.45) is 26.7. The second-order valence-corrected chi connectivity index (χ2v) is 10.3. The highest BCUT2D eigenvalue weighted by Crippen LogP contribution is 2.30. The van der Waals surface area contributed by atoms with Crippen LogP contribution in [0.25, 0.3) is 0 Å². The molecule has 0 spiro atoms. The van der Waals surface area contributed by atoms with Crippen LogP contribution in [0.15, 0.2) is 59.4 Å². The predicted octanol–water partition coefficient (Wildman–Crippen LogP) is 6.97. The van der Waals surface area contributed by atoms with E-state index >= 15 is 0 Å². The molecule has 4 nitrogen and oxygen atoms in total. The third kappa shape index (κ3) is 8.83. The molecular formula is C31H48N2O2. The van der Waals surface area contributed by atoms with E-state index in [1.165, 1.54) is 11.1 Å². The number of unbranched alkanes of at least 4 members (excludes halogenated alkanes) is 2. The summed E-state index contributed by atoms with van der Waals surface area (Å²) in [4.78, 5) is 17.9. The number of allylic oxidation sites excluding steroid dienone is 8. The molecular weight excluding hydrogens is 432 g/mol. The van der Waals surface area contributed by atoms with Crippen LogP contribution in [0.3, 0.4) is 0 Å². The Morgan fingerprint density at radius 1 is 1.20 bits per heavy atom. The van der Waals surface area contributed by atoms with E-state index in [-0.39, 0.29) is 0 Å². The molecule has 2 atom stereocenters. The van der Waals surface area contributed by atoms with Crippen molar-refractivity contribution in [2.24, 2.45) is 5.92 Å². The number of carbonyl (C=O) groups is 1. The van der Waals surface area contributed by atoms with Crippen molar-refractivity contribution >= 4 is 5.91 Å². The molecule has 0 aromatic rings. The van der Waals surface area contributed by atoms with Gasteiger partial charge < -0.3 is 9.64 Å². The lowest BCUT2D eigenvalue weighted by Crippen LogP contribution is -2.43. The minimum absolute atomic E-state index is 0.319. The molecule has 0 aromatic carbocycles. The topological polar surface area (TPSA) is 32.8 Å². The van der Waals surface area contributed by atoms with Crippen LogP contribution in [0.5, 0.6) is 0 Å². The summed E-state index contributed by atoms with van der Waals surface area (Å²) in [7, 11) is 0. The summed E-state index contributed by atoms with van der Waals surface area (Å²) >= 11 is 0. The van der Waals surface area contributed by atoms with Crippen LogP contribution in [0.1, 0.15) is 85.0 Å². The molecule has 3 aliphatic rings. The zero-order valence-electron chi connectivity index (χ0n) is 22.5. The first kappa shape index (κ1) is 27.5. The molecule has 0 radical (unpaired) electrons. The minimum Gasteiger partial charge on any atom is -0.493 e. The normalized spacial score (nSPS) is 24.7. The summed E-state index contributed by atoms with van der Waals surface area (Å²) in [5.74, 6) is 1.84. The molecule has 1 aliphatic carbocycles. The van der Waals surface area contributed by atoms with Crippen LogP contribution in [-0.4, -0.2) is 54.5 Å². The van der Waals surface area contributed by atoms with Gasteiger partial charge in [0.2, 0.25) is 5.91 Å². The Bertz CT molecular complexity index is 812. The maximum atomic E-state index is 13.3. The van der Waals surface area contributed by atoms with Crippen molar-refractivity contribution in [1.82, 2.24) is 9.80 Å². The largest absolute Gasteiger partial charge is 0.493 e. The molecule has 0 bridgehead atoms. The van der Waals surface area contributed by atoms with Crippen molar-refractivity contribution in [2.75, 3.05) is 32.8 Å². The Morgan fingerprint density at radius 3 is 2.69 bits per heavy atom. The fourth-order valence-corrected chi connectivity index (χ4v) is 5.41. The van der Waals surface area contributed by atoms with Gasteiger partial charge in [0.15, 0.2) is 0 Å². The summed E-state index contributed by atoms with van der Waals surface area (Å²) in [5.41, 5.74) is 2.87. The van der Waals surface area contributed by atoms with E-state index in [1.54, 1.807) is 0 Å².